The Kier molecular flexibility index (Phi) is 8.05. The van der Waals surface area contributed by atoms with Gasteiger partial charge in [-0.15, -0.1) is 11.3 Å². The summed E-state index contributed by atoms with van der Waals surface area (Å²) in [4.78, 5) is 31.0. The Labute approximate surface area is 214 Å². The average Bonchev–Trinajstić information content (AvgIpc) is 3.29. The maximum absolute atomic E-state index is 13.3. The summed E-state index contributed by atoms with van der Waals surface area (Å²) in [6.07, 6.45) is 2.08. The number of amides is 1. The van der Waals surface area contributed by atoms with Gasteiger partial charge in [0, 0.05) is 17.5 Å². The molecule has 0 aliphatic heterocycles. The van der Waals surface area contributed by atoms with E-state index in [2.05, 4.69) is 36.3 Å². The van der Waals surface area contributed by atoms with Crippen LogP contribution in [-0.2, 0) is 17.8 Å². The lowest BCUT2D eigenvalue weighted by atomic mass is 10.0. The maximum Gasteiger partial charge on any atom is 0.263 e. The molecule has 0 unspecified atom stereocenters. The predicted octanol–water partition coefficient (Wildman–Crippen LogP) is 4.90. The minimum Gasteiger partial charge on any atom is -0.490 e. The van der Waals surface area contributed by atoms with Crippen molar-refractivity contribution in [2.75, 3.05) is 19.8 Å². The summed E-state index contributed by atoms with van der Waals surface area (Å²) in [5, 5.41) is 5.42. The molecule has 2 heterocycles. The molecule has 0 bridgehead atoms. The molecule has 0 fully saturated rings. The topological polar surface area (TPSA) is 82.5 Å². The predicted molar refractivity (Wildman–Crippen MR) is 144 cm³/mol. The number of hydrogen-bond acceptors (Lipinski definition) is 6. The molecule has 8 heteroatoms. The van der Waals surface area contributed by atoms with Crippen LogP contribution in [0.25, 0.3) is 21.3 Å². The van der Waals surface area contributed by atoms with Gasteiger partial charge in [-0.3, -0.25) is 14.2 Å². The van der Waals surface area contributed by atoms with Gasteiger partial charge >= 0.3 is 0 Å². The molecular weight excluding hydrogens is 474 g/mol. The van der Waals surface area contributed by atoms with Crippen molar-refractivity contribution in [1.82, 2.24) is 14.9 Å². The van der Waals surface area contributed by atoms with E-state index in [1.54, 1.807) is 0 Å². The highest BCUT2D eigenvalue weighted by molar-refractivity contribution is 7.17. The summed E-state index contributed by atoms with van der Waals surface area (Å²) >= 11 is 1.44. The number of benzene rings is 2. The van der Waals surface area contributed by atoms with Gasteiger partial charge in [0.25, 0.3) is 5.56 Å². The number of thiophene rings is 1. The number of ether oxygens (including phenoxy) is 2. The van der Waals surface area contributed by atoms with Gasteiger partial charge in [-0.25, -0.2) is 4.98 Å². The van der Waals surface area contributed by atoms with E-state index in [1.165, 1.54) is 27.8 Å². The number of nitrogens with one attached hydrogen (secondary N) is 1. The summed E-state index contributed by atoms with van der Waals surface area (Å²) in [5.74, 6) is 1.17. The second-order valence-electron chi connectivity index (χ2n) is 8.55. The van der Waals surface area contributed by atoms with E-state index < -0.39 is 0 Å². The summed E-state index contributed by atoms with van der Waals surface area (Å²) in [6.45, 7) is 9.44. The third-order valence-corrected chi connectivity index (χ3v) is 6.92. The van der Waals surface area contributed by atoms with Crippen LogP contribution in [0.1, 0.15) is 30.5 Å². The first kappa shape index (κ1) is 25.4. The Morgan fingerprint density at radius 2 is 1.81 bits per heavy atom. The van der Waals surface area contributed by atoms with Gasteiger partial charge in [-0.05, 0) is 68.5 Å². The summed E-state index contributed by atoms with van der Waals surface area (Å²) in [6, 6.07) is 11.9. The van der Waals surface area contributed by atoms with Crippen LogP contribution < -0.4 is 20.3 Å². The molecule has 188 valence electrons. The molecule has 4 aromatic rings. The maximum atomic E-state index is 13.3. The SMILES string of the molecule is CCOc1ccc(CCNC(=O)Cn2cnc3scc(-c4ccc(C)c(C)c4)c3c2=O)cc1OCC. The van der Waals surface area contributed by atoms with Gasteiger partial charge in [0.2, 0.25) is 5.91 Å². The molecule has 2 aromatic carbocycles. The van der Waals surface area contributed by atoms with E-state index in [0.717, 1.165) is 22.3 Å². The van der Waals surface area contributed by atoms with Crippen LogP contribution in [0.5, 0.6) is 11.5 Å². The van der Waals surface area contributed by atoms with E-state index in [1.807, 2.05) is 43.5 Å². The molecular formula is C28H31N3O4S. The first-order chi connectivity index (χ1) is 17.4. The van der Waals surface area contributed by atoms with Crippen molar-refractivity contribution >= 4 is 27.5 Å². The molecule has 0 aliphatic carbocycles. The molecule has 0 atom stereocenters. The van der Waals surface area contributed by atoms with Crippen LogP contribution in [0.15, 0.2) is 52.9 Å². The number of carbonyl (C=O) groups excluding carboxylic acids is 1. The third kappa shape index (κ3) is 5.60. The average molecular weight is 506 g/mol. The van der Waals surface area contributed by atoms with Gasteiger partial charge in [0.1, 0.15) is 11.4 Å². The van der Waals surface area contributed by atoms with Crippen molar-refractivity contribution in [1.29, 1.82) is 0 Å². The third-order valence-electron chi connectivity index (χ3n) is 6.04. The number of aromatic nitrogens is 2. The minimum absolute atomic E-state index is 0.0859. The first-order valence-corrected chi connectivity index (χ1v) is 13.0. The fraction of sp³-hybridized carbons (Fsp3) is 0.321. The van der Waals surface area contributed by atoms with E-state index in [0.29, 0.717) is 47.9 Å². The zero-order chi connectivity index (χ0) is 25.7. The van der Waals surface area contributed by atoms with Crippen molar-refractivity contribution in [3.63, 3.8) is 0 Å². The lowest BCUT2D eigenvalue weighted by Crippen LogP contribution is -2.33. The molecule has 0 aliphatic rings. The Bertz CT molecular complexity index is 1440. The molecule has 0 saturated carbocycles. The molecule has 0 saturated heterocycles. The number of hydrogen-bond donors (Lipinski definition) is 1. The van der Waals surface area contributed by atoms with Gasteiger partial charge < -0.3 is 14.8 Å². The van der Waals surface area contributed by atoms with E-state index in [9.17, 15) is 9.59 Å². The smallest absolute Gasteiger partial charge is 0.263 e. The zero-order valence-corrected chi connectivity index (χ0v) is 21.9. The molecule has 2 aromatic heterocycles. The van der Waals surface area contributed by atoms with E-state index in [4.69, 9.17) is 9.47 Å². The molecule has 0 radical (unpaired) electrons. The minimum atomic E-state index is -0.239. The summed E-state index contributed by atoms with van der Waals surface area (Å²) in [7, 11) is 0. The first-order valence-electron chi connectivity index (χ1n) is 12.1. The van der Waals surface area contributed by atoms with Crippen LogP contribution in [0.3, 0.4) is 0 Å². The van der Waals surface area contributed by atoms with Crippen LogP contribution in [0, 0.1) is 13.8 Å². The van der Waals surface area contributed by atoms with Crippen molar-refractivity contribution in [2.24, 2.45) is 0 Å². The number of carbonyl (C=O) groups is 1. The van der Waals surface area contributed by atoms with Crippen molar-refractivity contribution in [2.45, 2.75) is 40.7 Å². The molecule has 1 N–H and O–H groups in total. The Morgan fingerprint density at radius 1 is 1.03 bits per heavy atom. The number of nitrogens with zero attached hydrogens (tertiary/aromatic N) is 2. The lowest BCUT2D eigenvalue weighted by Gasteiger charge is -2.13. The largest absolute Gasteiger partial charge is 0.490 e. The van der Waals surface area contributed by atoms with Crippen molar-refractivity contribution < 1.29 is 14.3 Å². The Morgan fingerprint density at radius 3 is 2.56 bits per heavy atom. The van der Waals surface area contributed by atoms with Gasteiger partial charge in [-0.1, -0.05) is 24.3 Å². The normalized spacial score (nSPS) is 11.0. The van der Waals surface area contributed by atoms with Crippen LogP contribution in [0.4, 0.5) is 0 Å². The fourth-order valence-electron chi connectivity index (χ4n) is 4.01. The molecule has 0 spiro atoms. The molecule has 1 amide bonds. The molecule has 7 nitrogen and oxygen atoms in total. The Balaban J connectivity index is 1.44. The van der Waals surface area contributed by atoms with E-state index in [-0.39, 0.29) is 18.0 Å². The molecule has 36 heavy (non-hydrogen) atoms. The monoisotopic (exact) mass is 505 g/mol. The Hall–Kier alpha value is -3.65. The van der Waals surface area contributed by atoms with Crippen LogP contribution >= 0.6 is 11.3 Å². The highest BCUT2D eigenvalue weighted by Gasteiger charge is 2.15. The van der Waals surface area contributed by atoms with Gasteiger partial charge in [-0.2, -0.15) is 0 Å². The quantitative estimate of drug-likeness (QED) is 0.332. The highest BCUT2D eigenvalue weighted by atomic mass is 32.1. The van der Waals surface area contributed by atoms with Crippen molar-refractivity contribution in [3.05, 3.63) is 75.1 Å². The molecule has 4 rings (SSSR count). The van der Waals surface area contributed by atoms with Gasteiger partial charge in [0.15, 0.2) is 11.5 Å². The standard InChI is InChI=1S/C28H31N3O4S/c1-5-34-23-10-8-20(14-24(23)35-6-2)11-12-29-25(32)15-31-17-30-27-26(28(31)33)22(16-36-27)21-9-7-18(3)19(4)13-21/h7-10,13-14,16-17H,5-6,11-12,15H2,1-4H3,(H,29,32). The van der Waals surface area contributed by atoms with Crippen LogP contribution in [-0.4, -0.2) is 35.2 Å². The fourth-order valence-corrected chi connectivity index (χ4v) is 4.92. The second-order valence-corrected chi connectivity index (χ2v) is 9.41. The summed E-state index contributed by atoms with van der Waals surface area (Å²) < 4.78 is 12.7. The highest BCUT2D eigenvalue weighted by Crippen LogP contribution is 2.32. The lowest BCUT2D eigenvalue weighted by molar-refractivity contribution is -0.121. The number of rotatable bonds is 10. The zero-order valence-electron chi connectivity index (χ0n) is 21.1. The summed E-state index contributed by atoms with van der Waals surface area (Å²) in [5.41, 5.74) is 5.01. The number of fused-ring (bicyclic) bond motifs is 1. The van der Waals surface area contributed by atoms with Gasteiger partial charge in [0.05, 0.1) is 24.9 Å². The second kappa shape index (κ2) is 11.4. The number of aryl methyl sites for hydroxylation is 2. The van der Waals surface area contributed by atoms with E-state index >= 15 is 0 Å². The van der Waals surface area contributed by atoms with Crippen LogP contribution in [0.2, 0.25) is 0 Å². The van der Waals surface area contributed by atoms with Crippen molar-refractivity contribution in [3.8, 4) is 22.6 Å².